The molecular weight excluding hydrogens is 216 g/mol. The van der Waals surface area contributed by atoms with Crippen LogP contribution >= 0.6 is 0 Å². The van der Waals surface area contributed by atoms with Crippen molar-refractivity contribution in [2.45, 2.75) is 103 Å². The minimum absolute atomic E-state index is 1.10. The summed E-state index contributed by atoms with van der Waals surface area (Å²) in [4.78, 5) is 0. The first-order valence-electron chi connectivity index (χ1n) is 8.45. The van der Waals surface area contributed by atoms with Crippen molar-refractivity contribution in [2.24, 2.45) is 0 Å². The molecule has 0 aliphatic rings. The first-order chi connectivity index (χ1) is 8.91. The Morgan fingerprint density at radius 2 is 0.889 bits per heavy atom. The van der Waals surface area contributed by atoms with Crippen LogP contribution in [0.2, 0.25) is 0 Å². The third-order valence-electron chi connectivity index (χ3n) is 3.72. The second kappa shape index (κ2) is 16.7. The fourth-order valence-electron chi connectivity index (χ4n) is 2.46. The van der Waals surface area contributed by atoms with Gasteiger partial charge in [-0.25, -0.2) is 0 Å². The molecule has 0 saturated carbocycles. The molecule has 0 bridgehead atoms. The maximum absolute atomic E-state index is 5.35. The second-order valence-corrected chi connectivity index (χ2v) is 5.62. The van der Waals surface area contributed by atoms with Gasteiger partial charge in [-0.15, -0.1) is 0 Å². The standard InChI is InChI=1S/C18H35/c1-3-5-7-9-11-13-15-17-18-16-14-12-10-8-6-4-2/h1,3H,4-18H2,2H3. The number of allylic oxidation sites excluding steroid dienone is 1. The van der Waals surface area contributed by atoms with Gasteiger partial charge in [0.2, 0.25) is 0 Å². The summed E-state index contributed by atoms with van der Waals surface area (Å²) >= 11 is 0. The van der Waals surface area contributed by atoms with Crippen LogP contribution in [0.15, 0.2) is 6.08 Å². The minimum atomic E-state index is 1.10. The van der Waals surface area contributed by atoms with Crippen LogP contribution in [0, 0.1) is 6.58 Å². The van der Waals surface area contributed by atoms with Gasteiger partial charge in [0.15, 0.2) is 0 Å². The van der Waals surface area contributed by atoms with E-state index in [9.17, 15) is 0 Å². The molecule has 107 valence electrons. The monoisotopic (exact) mass is 251 g/mol. The molecular formula is C18H35. The van der Waals surface area contributed by atoms with Crippen LogP contribution in [0.4, 0.5) is 0 Å². The van der Waals surface area contributed by atoms with Crippen LogP contribution in [-0.2, 0) is 0 Å². The van der Waals surface area contributed by atoms with Gasteiger partial charge in [-0.1, -0.05) is 103 Å². The number of hydrogen-bond acceptors (Lipinski definition) is 0. The maximum Gasteiger partial charge on any atom is -0.0348 e. The first kappa shape index (κ1) is 17.7. The zero-order valence-electron chi connectivity index (χ0n) is 12.8. The molecule has 0 N–H and O–H groups in total. The lowest BCUT2D eigenvalue weighted by molar-refractivity contribution is 0.536. The molecule has 0 fully saturated rings. The smallest absolute Gasteiger partial charge is 0.0348 e. The third-order valence-corrected chi connectivity index (χ3v) is 3.72. The van der Waals surface area contributed by atoms with E-state index in [2.05, 4.69) is 6.92 Å². The highest BCUT2D eigenvalue weighted by Crippen LogP contribution is 2.13. The van der Waals surface area contributed by atoms with Gasteiger partial charge >= 0.3 is 0 Å². The van der Waals surface area contributed by atoms with Gasteiger partial charge in [-0.2, -0.15) is 0 Å². The molecule has 0 amide bonds. The highest BCUT2D eigenvalue weighted by Gasteiger charge is 1.93. The molecule has 0 heteroatoms. The molecule has 0 aromatic carbocycles. The maximum atomic E-state index is 5.35. The fraction of sp³-hybridized carbons (Fsp3) is 0.889. The molecule has 0 aromatic heterocycles. The fourth-order valence-corrected chi connectivity index (χ4v) is 2.46. The highest BCUT2D eigenvalue weighted by atomic mass is 14.0. The number of hydrogen-bond donors (Lipinski definition) is 0. The molecule has 0 saturated heterocycles. The zero-order valence-corrected chi connectivity index (χ0v) is 12.8. The number of rotatable bonds is 15. The predicted octanol–water partition coefficient (Wildman–Crippen LogP) is 6.85. The highest BCUT2D eigenvalue weighted by molar-refractivity contribution is 4.61. The molecule has 0 atom stereocenters. The summed E-state index contributed by atoms with van der Waals surface area (Å²) in [7, 11) is 0. The van der Waals surface area contributed by atoms with E-state index < -0.39 is 0 Å². The summed E-state index contributed by atoms with van der Waals surface area (Å²) in [5.74, 6) is 0. The molecule has 18 heavy (non-hydrogen) atoms. The Balaban J connectivity index is 2.88. The molecule has 0 spiro atoms. The Morgan fingerprint density at radius 3 is 1.22 bits per heavy atom. The second-order valence-electron chi connectivity index (χ2n) is 5.62. The van der Waals surface area contributed by atoms with Gasteiger partial charge in [0, 0.05) is 0 Å². The topological polar surface area (TPSA) is 0 Å². The van der Waals surface area contributed by atoms with Crippen molar-refractivity contribution in [3.8, 4) is 0 Å². The van der Waals surface area contributed by atoms with E-state index in [1.807, 2.05) is 0 Å². The van der Waals surface area contributed by atoms with Crippen LogP contribution in [0.1, 0.15) is 103 Å². The first-order valence-corrected chi connectivity index (χ1v) is 8.45. The largest absolute Gasteiger partial charge is 0.0845 e. The minimum Gasteiger partial charge on any atom is -0.0845 e. The van der Waals surface area contributed by atoms with Crippen LogP contribution in [0.3, 0.4) is 0 Å². The normalized spacial score (nSPS) is 10.7. The Bertz CT molecular complexity index is 148. The van der Waals surface area contributed by atoms with Crippen molar-refractivity contribution in [3.05, 3.63) is 12.7 Å². The summed E-state index contributed by atoms with van der Waals surface area (Å²) in [5.41, 5.74) is 0. The van der Waals surface area contributed by atoms with Crippen LogP contribution in [-0.4, -0.2) is 0 Å². The third kappa shape index (κ3) is 15.7. The Labute approximate surface area is 116 Å². The van der Waals surface area contributed by atoms with Gasteiger partial charge < -0.3 is 0 Å². The summed E-state index contributed by atoms with van der Waals surface area (Å²) in [6.07, 6.45) is 22.9. The van der Waals surface area contributed by atoms with Crippen LogP contribution in [0.25, 0.3) is 0 Å². The van der Waals surface area contributed by atoms with Crippen LogP contribution < -0.4 is 0 Å². The molecule has 1 radical (unpaired) electrons. The SMILES string of the molecule is [CH]=CCCCCCCCCCCCCCCCC. The average molecular weight is 251 g/mol. The van der Waals surface area contributed by atoms with E-state index in [4.69, 9.17) is 6.58 Å². The van der Waals surface area contributed by atoms with Crippen molar-refractivity contribution in [3.63, 3.8) is 0 Å². The van der Waals surface area contributed by atoms with Gasteiger partial charge in [0.25, 0.3) is 0 Å². The quantitative estimate of drug-likeness (QED) is 0.279. The summed E-state index contributed by atoms with van der Waals surface area (Å²) in [6, 6.07) is 0. The number of unbranched alkanes of at least 4 members (excludes halogenated alkanes) is 14. The lowest BCUT2D eigenvalue weighted by Crippen LogP contribution is -1.83. The van der Waals surface area contributed by atoms with Gasteiger partial charge in [0.1, 0.15) is 0 Å². The van der Waals surface area contributed by atoms with E-state index >= 15 is 0 Å². The van der Waals surface area contributed by atoms with E-state index in [1.54, 1.807) is 6.08 Å². The molecule has 0 aromatic rings. The van der Waals surface area contributed by atoms with Crippen LogP contribution in [0.5, 0.6) is 0 Å². The summed E-state index contributed by atoms with van der Waals surface area (Å²) < 4.78 is 0. The van der Waals surface area contributed by atoms with Crippen molar-refractivity contribution in [1.29, 1.82) is 0 Å². The van der Waals surface area contributed by atoms with E-state index in [1.165, 1.54) is 89.9 Å². The Kier molecular flexibility index (Phi) is 16.5. The molecule has 0 aliphatic carbocycles. The lowest BCUT2D eigenvalue weighted by Gasteiger charge is -2.02. The molecule has 0 nitrogen and oxygen atoms in total. The molecule has 0 unspecified atom stereocenters. The summed E-state index contributed by atoms with van der Waals surface area (Å²) in [6.45, 7) is 7.64. The van der Waals surface area contributed by atoms with Crippen molar-refractivity contribution in [2.75, 3.05) is 0 Å². The van der Waals surface area contributed by atoms with E-state index in [0.717, 1.165) is 6.42 Å². The van der Waals surface area contributed by atoms with E-state index in [-0.39, 0.29) is 0 Å². The zero-order chi connectivity index (χ0) is 13.3. The van der Waals surface area contributed by atoms with Gasteiger partial charge in [-0.05, 0) is 12.8 Å². The van der Waals surface area contributed by atoms with E-state index in [0.29, 0.717) is 0 Å². The Hall–Kier alpha value is -0.260. The Morgan fingerprint density at radius 1 is 0.556 bits per heavy atom. The summed E-state index contributed by atoms with van der Waals surface area (Å²) in [5, 5.41) is 0. The molecule has 0 aliphatic heterocycles. The van der Waals surface area contributed by atoms with Crippen molar-refractivity contribution >= 4 is 0 Å². The van der Waals surface area contributed by atoms with Crippen molar-refractivity contribution in [1.82, 2.24) is 0 Å². The molecule has 0 heterocycles. The van der Waals surface area contributed by atoms with Crippen molar-refractivity contribution < 1.29 is 0 Å². The molecule has 0 rings (SSSR count). The lowest BCUT2D eigenvalue weighted by atomic mass is 10.0. The van der Waals surface area contributed by atoms with Gasteiger partial charge in [0.05, 0.1) is 0 Å². The van der Waals surface area contributed by atoms with Gasteiger partial charge in [-0.3, -0.25) is 0 Å². The average Bonchev–Trinajstić information content (AvgIpc) is 2.39. The predicted molar refractivity (Wildman–Crippen MR) is 83.8 cm³/mol.